The highest BCUT2D eigenvalue weighted by Gasteiger charge is 2.64. The van der Waals surface area contributed by atoms with Crippen LogP contribution in [0.15, 0.2) is 41.3 Å². The Labute approximate surface area is 188 Å². The van der Waals surface area contributed by atoms with Gasteiger partial charge in [-0.15, -0.1) is 0 Å². The summed E-state index contributed by atoms with van der Waals surface area (Å²) in [5.41, 5.74) is 0.868. The molecule has 8 nitrogen and oxygen atoms in total. The van der Waals surface area contributed by atoms with Crippen molar-refractivity contribution in [3.63, 3.8) is 0 Å². The van der Waals surface area contributed by atoms with Gasteiger partial charge < -0.3 is 4.90 Å². The lowest BCUT2D eigenvalue weighted by atomic mass is 10.1. The van der Waals surface area contributed by atoms with Crippen LogP contribution >= 0.6 is 11.6 Å². The zero-order valence-electron chi connectivity index (χ0n) is 16.7. The standard InChI is InChI=1S/C21H16ClFN4O4S/c1-11-15(7-6-12(9-24)18(11)22)27-20(28)19-16-8-13(26(19)21(27)29)10-25(16)32(30,31)17-5-3-2-4-14(17)23/h2-7,13,16,19H,8,10H2,1H3. The molecule has 5 rings (SSSR count). The van der Waals surface area contributed by atoms with Gasteiger partial charge in [0.25, 0.3) is 5.91 Å². The average molecular weight is 475 g/mol. The zero-order chi connectivity index (χ0) is 22.9. The van der Waals surface area contributed by atoms with Crippen molar-refractivity contribution in [3.8, 4) is 6.07 Å². The van der Waals surface area contributed by atoms with Crippen molar-refractivity contribution in [1.82, 2.24) is 9.21 Å². The van der Waals surface area contributed by atoms with Crippen LogP contribution in [0.5, 0.6) is 0 Å². The third-order valence-corrected chi connectivity index (χ3v) is 8.77. The van der Waals surface area contributed by atoms with Crippen molar-refractivity contribution in [2.45, 2.75) is 36.4 Å². The SMILES string of the molecule is Cc1c(N2C(=O)C3C4CC(CN4S(=O)(=O)c4ccccc4F)N3C2=O)ccc(C#N)c1Cl. The van der Waals surface area contributed by atoms with Crippen LogP contribution in [0.3, 0.4) is 0 Å². The molecule has 32 heavy (non-hydrogen) atoms. The number of hydrogen-bond acceptors (Lipinski definition) is 5. The molecule has 11 heteroatoms. The number of hydrogen-bond donors (Lipinski definition) is 0. The fourth-order valence-corrected chi connectivity index (χ4v) is 6.84. The number of nitriles is 1. The number of rotatable bonds is 3. The van der Waals surface area contributed by atoms with Gasteiger partial charge in [0.2, 0.25) is 10.0 Å². The van der Waals surface area contributed by atoms with Gasteiger partial charge in [-0.3, -0.25) is 4.79 Å². The lowest BCUT2D eigenvalue weighted by Crippen LogP contribution is -2.54. The van der Waals surface area contributed by atoms with E-state index in [-0.39, 0.29) is 22.8 Å². The molecule has 3 aliphatic heterocycles. The molecule has 2 aromatic rings. The Bertz CT molecular complexity index is 1340. The summed E-state index contributed by atoms with van der Waals surface area (Å²) < 4.78 is 41.7. The number of nitrogens with zero attached hydrogens (tertiary/aromatic N) is 4. The van der Waals surface area contributed by atoms with E-state index in [9.17, 15) is 22.4 Å². The Morgan fingerprint density at radius 1 is 1.19 bits per heavy atom. The summed E-state index contributed by atoms with van der Waals surface area (Å²) in [5, 5.41) is 9.29. The van der Waals surface area contributed by atoms with Crippen molar-refractivity contribution in [1.29, 1.82) is 5.26 Å². The molecule has 0 radical (unpaired) electrons. The van der Waals surface area contributed by atoms with E-state index < -0.39 is 50.8 Å². The van der Waals surface area contributed by atoms with Crippen LogP contribution in [-0.4, -0.2) is 54.2 Å². The van der Waals surface area contributed by atoms with E-state index in [2.05, 4.69) is 0 Å². The number of urea groups is 1. The number of sulfonamides is 1. The summed E-state index contributed by atoms with van der Waals surface area (Å²) in [5.74, 6) is -1.44. The van der Waals surface area contributed by atoms with Crippen molar-refractivity contribution < 1.29 is 22.4 Å². The molecule has 0 saturated carbocycles. The maximum atomic E-state index is 14.2. The highest BCUT2D eigenvalue weighted by Crippen LogP contribution is 2.45. The number of halogens is 2. The van der Waals surface area contributed by atoms with Crippen molar-refractivity contribution in [2.24, 2.45) is 0 Å². The van der Waals surface area contributed by atoms with Crippen molar-refractivity contribution in [3.05, 3.63) is 58.4 Å². The van der Waals surface area contributed by atoms with Gasteiger partial charge in [0, 0.05) is 12.6 Å². The van der Waals surface area contributed by atoms with E-state index in [0.29, 0.717) is 12.0 Å². The van der Waals surface area contributed by atoms with Gasteiger partial charge in [-0.2, -0.15) is 9.57 Å². The minimum Gasteiger partial charge on any atom is -0.306 e. The van der Waals surface area contributed by atoms with Crippen LogP contribution in [0.1, 0.15) is 17.5 Å². The van der Waals surface area contributed by atoms with E-state index >= 15 is 0 Å². The highest BCUT2D eigenvalue weighted by molar-refractivity contribution is 7.89. The first-order chi connectivity index (χ1) is 15.2. The van der Waals surface area contributed by atoms with Crippen LogP contribution in [0.25, 0.3) is 0 Å². The normalized spacial score (nSPS) is 24.9. The Balaban J connectivity index is 1.52. The molecule has 0 aliphatic carbocycles. The number of carbonyl (C=O) groups excluding carboxylic acids is 2. The molecule has 164 valence electrons. The summed E-state index contributed by atoms with van der Waals surface area (Å²) in [6.07, 6.45) is 0.302. The Hall–Kier alpha value is -3.00. The third kappa shape index (κ3) is 2.65. The van der Waals surface area contributed by atoms with Crippen molar-refractivity contribution >= 4 is 39.2 Å². The van der Waals surface area contributed by atoms with Crippen LogP contribution in [0.2, 0.25) is 5.02 Å². The number of anilines is 1. The smallest absolute Gasteiger partial charge is 0.306 e. The monoisotopic (exact) mass is 474 g/mol. The van der Waals surface area contributed by atoms with Crippen LogP contribution in [-0.2, 0) is 14.8 Å². The predicted octanol–water partition coefficient (Wildman–Crippen LogP) is 2.64. The quantitative estimate of drug-likeness (QED) is 0.636. The van der Waals surface area contributed by atoms with E-state index in [1.54, 1.807) is 6.92 Å². The summed E-state index contributed by atoms with van der Waals surface area (Å²) in [6, 6.07) is 7.09. The second-order valence-corrected chi connectivity index (χ2v) is 10.2. The topological polar surface area (TPSA) is 102 Å². The first kappa shape index (κ1) is 20.9. The second kappa shape index (κ2) is 7.00. The van der Waals surface area contributed by atoms with E-state index in [1.807, 2.05) is 6.07 Å². The Morgan fingerprint density at radius 2 is 1.91 bits per heavy atom. The van der Waals surface area contributed by atoms with E-state index in [4.69, 9.17) is 16.9 Å². The van der Waals surface area contributed by atoms with Crippen LogP contribution in [0.4, 0.5) is 14.9 Å². The molecule has 0 spiro atoms. The molecule has 3 heterocycles. The molecule has 2 aromatic carbocycles. The molecule has 0 aromatic heterocycles. The summed E-state index contributed by atoms with van der Waals surface area (Å²) in [4.78, 5) is 28.5. The number of imide groups is 1. The molecular formula is C21H16ClFN4O4S. The maximum absolute atomic E-state index is 14.2. The first-order valence-electron chi connectivity index (χ1n) is 9.80. The van der Waals surface area contributed by atoms with E-state index in [0.717, 1.165) is 15.3 Å². The van der Waals surface area contributed by atoms with Crippen LogP contribution in [0, 0.1) is 24.1 Å². The molecule has 3 saturated heterocycles. The first-order valence-corrected chi connectivity index (χ1v) is 11.6. The summed E-state index contributed by atoms with van der Waals surface area (Å²) in [7, 11) is -4.19. The molecule has 3 fully saturated rings. The average Bonchev–Trinajstić information content (AvgIpc) is 3.43. The molecule has 0 N–H and O–H groups in total. The van der Waals surface area contributed by atoms with Crippen molar-refractivity contribution in [2.75, 3.05) is 11.4 Å². The van der Waals surface area contributed by atoms with Gasteiger partial charge in [0.05, 0.1) is 22.3 Å². The third-order valence-electron chi connectivity index (χ3n) is 6.36. The molecule has 3 atom stereocenters. The minimum absolute atomic E-state index is 0.0161. The molecule has 3 unspecified atom stereocenters. The molecule has 2 bridgehead atoms. The van der Waals surface area contributed by atoms with Gasteiger partial charge in [-0.25, -0.2) is 22.5 Å². The highest BCUT2D eigenvalue weighted by atomic mass is 35.5. The molecule has 3 amide bonds. The Kier molecular flexibility index (Phi) is 4.57. The number of fused-ring (bicyclic) bond motifs is 5. The number of piperazine rings is 1. The largest absolute Gasteiger partial charge is 0.332 e. The number of carbonyl (C=O) groups is 2. The number of amides is 3. The predicted molar refractivity (Wildman–Crippen MR) is 112 cm³/mol. The van der Waals surface area contributed by atoms with Crippen LogP contribution < -0.4 is 4.90 Å². The zero-order valence-corrected chi connectivity index (χ0v) is 18.3. The maximum Gasteiger partial charge on any atom is 0.332 e. The van der Waals surface area contributed by atoms with Gasteiger partial charge in [-0.1, -0.05) is 23.7 Å². The van der Waals surface area contributed by atoms with Gasteiger partial charge >= 0.3 is 6.03 Å². The Morgan fingerprint density at radius 3 is 2.59 bits per heavy atom. The fraction of sp³-hybridized carbons (Fsp3) is 0.286. The van der Waals surface area contributed by atoms with Gasteiger partial charge in [-0.05, 0) is 43.2 Å². The molecule has 3 aliphatic rings. The number of benzene rings is 2. The van der Waals surface area contributed by atoms with E-state index in [1.165, 1.54) is 35.2 Å². The fourth-order valence-electron chi connectivity index (χ4n) is 4.90. The molecular weight excluding hydrogens is 459 g/mol. The lowest BCUT2D eigenvalue weighted by Gasteiger charge is -2.34. The minimum atomic E-state index is -4.19. The summed E-state index contributed by atoms with van der Waals surface area (Å²) >= 11 is 6.22. The van der Waals surface area contributed by atoms with Gasteiger partial charge in [0.1, 0.15) is 22.8 Å². The lowest BCUT2D eigenvalue weighted by molar-refractivity contribution is -0.120. The summed E-state index contributed by atoms with van der Waals surface area (Å²) in [6.45, 7) is 1.59. The second-order valence-electron chi connectivity index (χ2n) is 7.95. The van der Waals surface area contributed by atoms with Gasteiger partial charge in [0.15, 0.2) is 0 Å².